The molecule has 98 valence electrons. The summed E-state index contributed by atoms with van der Waals surface area (Å²) in [4.78, 5) is 30.1. The van der Waals surface area contributed by atoms with Gasteiger partial charge in [0, 0.05) is 24.1 Å². The summed E-state index contributed by atoms with van der Waals surface area (Å²) >= 11 is 0. The molecule has 5 heteroatoms. The highest BCUT2D eigenvalue weighted by Gasteiger charge is 2.38. The molecule has 19 heavy (non-hydrogen) atoms. The second-order valence-electron chi connectivity index (χ2n) is 5.06. The maximum Gasteiger partial charge on any atom is 0.256 e. The Morgan fingerprint density at radius 2 is 2.26 bits per heavy atom. The van der Waals surface area contributed by atoms with E-state index in [-0.39, 0.29) is 11.8 Å². The molecule has 2 amide bonds. The number of pyridine rings is 1. The van der Waals surface area contributed by atoms with Gasteiger partial charge in [-0.15, -0.1) is 0 Å². The molecule has 0 aromatic carbocycles. The molecular weight excluding hydrogens is 242 g/mol. The number of amides is 2. The molecule has 0 aliphatic carbocycles. The second-order valence-corrected chi connectivity index (χ2v) is 5.06. The summed E-state index contributed by atoms with van der Waals surface area (Å²) in [6.07, 6.45) is 2.96. The molecule has 3 heterocycles. The SMILES string of the molecule is C=C1CCC(N2Cc3cc(C)ncc3C2=O)C(=O)N1. The number of nitrogens with zero attached hydrogens (tertiary/aromatic N) is 2. The third-order valence-corrected chi connectivity index (χ3v) is 3.66. The molecule has 1 saturated heterocycles. The number of hydrogen-bond donors (Lipinski definition) is 1. The lowest BCUT2D eigenvalue weighted by Gasteiger charge is -2.30. The number of fused-ring (bicyclic) bond motifs is 1. The van der Waals surface area contributed by atoms with Gasteiger partial charge in [-0.25, -0.2) is 0 Å². The summed E-state index contributed by atoms with van der Waals surface area (Å²) in [5.74, 6) is -0.239. The van der Waals surface area contributed by atoms with Crippen LogP contribution < -0.4 is 5.32 Å². The van der Waals surface area contributed by atoms with Crippen LogP contribution in [0.15, 0.2) is 24.5 Å². The Balaban J connectivity index is 1.87. The van der Waals surface area contributed by atoms with Crippen molar-refractivity contribution in [2.24, 2.45) is 0 Å². The van der Waals surface area contributed by atoms with Crippen LogP contribution in [-0.4, -0.2) is 27.7 Å². The summed E-state index contributed by atoms with van der Waals surface area (Å²) in [6.45, 7) is 6.13. The summed E-state index contributed by atoms with van der Waals surface area (Å²) < 4.78 is 0. The Labute approximate surface area is 111 Å². The van der Waals surface area contributed by atoms with Crippen molar-refractivity contribution in [2.45, 2.75) is 32.4 Å². The summed E-state index contributed by atoms with van der Waals surface area (Å²) in [6, 6.07) is 1.51. The normalized spacial score (nSPS) is 22.5. The largest absolute Gasteiger partial charge is 0.329 e. The lowest BCUT2D eigenvalue weighted by atomic mass is 10.0. The molecule has 0 spiro atoms. The van der Waals surface area contributed by atoms with Crippen molar-refractivity contribution in [3.05, 3.63) is 41.4 Å². The predicted octanol–water partition coefficient (Wildman–Crippen LogP) is 1.14. The number of piperidine rings is 1. The first kappa shape index (κ1) is 11.9. The number of nitrogens with one attached hydrogen (secondary N) is 1. The average Bonchev–Trinajstić information content (AvgIpc) is 2.66. The molecule has 0 bridgehead atoms. The van der Waals surface area contributed by atoms with Gasteiger partial charge in [-0.2, -0.15) is 0 Å². The van der Waals surface area contributed by atoms with E-state index in [4.69, 9.17) is 0 Å². The number of aromatic nitrogens is 1. The van der Waals surface area contributed by atoms with E-state index in [1.165, 1.54) is 0 Å². The third kappa shape index (κ3) is 1.91. The zero-order chi connectivity index (χ0) is 13.6. The minimum absolute atomic E-state index is 0.102. The first-order valence-electron chi connectivity index (χ1n) is 6.31. The van der Waals surface area contributed by atoms with Crippen LogP contribution in [0.1, 0.15) is 34.5 Å². The van der Waals surface area contributed by atoms with Gasteiger partial charge in [0.05, 0.1) is 5.56 Å². The van der Waals surface area contributed by atoms with Gasteiger partial charge >= 0.3 is 0 Å². The Bertz CT molecular complexity index is 594. The molecule has 1 N–H and O–H groups in total. The first-order chi connectivity index (χ1) is 9.06. The van der Waals surface area contributed by atoms with Crippen molar-refractivity contribution in [2.75, 3.05) is 0 Å². The van der Waals surface area contributed by atoms with Crippen molar-refractivity contribution >= 4 is 11.8 Å². The van der Waals surface area contributed by atoms with Gasteiger partial charge in [0.25, 0.3) is 5.91 Å². The smallest absolute Gasteiger partial charge is 0.256 e. The van der Waals surface area contributed by atoms with Crippen molar-refractivity contribution in [3.63, 3.8) is 0 Å². The average molecular weight is 257 g/mol. The van der Waals surface area contributed by atoms with Crippen molar-refractivity contribution in [3.8, 4) is 0 Å². The third-order valence-electron chi connectivity index (χ3n) is 3.66. The molecule has 1 atom stereocenters. The maximum atomic E-state index is 12.3. The van der Waals surface area contributed by atoms with Crippen LogP contribution in [0.4, 0.5) is 0 Å². The van der Waals surface area contributed by atoms with Crippen molar-refractivity contribution < 1.29 is 9.59 Å². The number of allylic oxidation sites excluding steroid dienone is 1. The number of carbonyl (C=O) groups excluding carboxylic acids is 2. The summed E-state index contributed by atoms with van der Waals surface area (Å²) in [7, 11) is 0. The molecule has 1 unspecified atom stereocenters. The number of carbonyl (C=O) groups is 2. The molecule has 1 aromatic heterocycles. The Morgan fingerprint density at radius 3 is 3.00 bits per heavy atom. The molecule has 0 radical (unpaired) electrons. The van der Waals surface area contributed by atoms with E-state index in [1.807, 2.05) is 13.0 Å². The van der Waals surface area contributed by atoms with E-state index in [0.29, 0.717) is 24.9 Å². The van der Waals surface area contributed by atoms with Crippen LogP contribution in [0, 0.1) is 6.92 Å². The number of aryl methyl sites for hydroxylation is 1. The Hall–Kier alpha value is -2.17. The van der Waals surface area contributed by atoms with Crippen molar-refractivity contribution in [1.29, 1.82) is 0 Å². The van der Waals surface area contributed by atoms with Crippen LogP contribution in [-0.2, 0) is 11.3 Å². The fourth-order valence-electron chi connectivity index (χ4n) is 2.66. The highest BCUT2D eigenvalue weighted by molar-refractivity contribution is 6.01. The van der Waals surface area contributed by atoms with Crippen LogP contribution in [0.5, 0.6) is 0 Å². The fourth-order valence-corrected chi connectivity index (χ4v) is 2.66. The Morgan fingerprint density at radius 1 is 1.47 bits per heavy atom. The molecular formula is C14H15N3O2. The minimum atomic E-state index is -0.397. The topological polar surface area (TPSA) is 62.3 Å². The molecule has 1 fully saturated rings. The van der Waals surface area contributed by atoms with Gasteiger partial charge in [0.15, 0.2) is 0 Å². The molecule has 0 saturated carbocycles. The van der Waals surface area contributed by atoms with E-state index in [1.54, 1.807) is 11.1 Å². The number of rotatable bonds is 1. The zero-order valence-electron chi connectivity index (χ0n) is 10.8. The van der Waals surface area contributed by atoms with Gasteiger partial charge < -0.3 is 10.2 Å². The molecule has 2 aliphatic heterocycles. The lowest BCUT2D eigenvalue weighted by molar-refractivity contribution is -0.126. The summed E-state index contributed by atoms with van der Waals surface area (Å²) in [5, 5.41) is 2.72. The fraction of sp³-hybridized carbons (Fsp3) is 0.357. The van der Waals surface area contributed by atoms with Gasteiger partial charge in [-0.1, -0.05) is 6.58 Å². The highest BCUT2D eigenvalue weighted by atomic mass is 16.2. The van der Waals surface area contributed by atoms with E-state index in [2.05, 4.69) is 16.9 Å². The molecule has 2 aliphatic rings. The van der Waals surface area contributed by atoms with Gasteiger partial charge in [0.1, 0.15) is 6.04 Å². The van der Waals surface area contributed by atoms with Crippen LogP contribution >= 0.6 is 0 Å². The molecule has 1 aromatic rings. The van der Waals surface area contributed by atoms with Gasteiger partial charge in [0.2, 0.25) is 5.91 Å². The monoisotopic (exact) mass is 257 g/mol. The molecule has 5 nitrogen and oxygen atoms in total. The van der Waals surface area contributed by atoms with E-state index in [9.17, 15) is 9.59 Å². The quantitative estimate of drug-likeness (QED) is 0.820. The standard InChI is InChI=1S/C14H15N3O2/c1-8-3-4-12(13(18)16-8)17-7-10-5-9(2)15-6-11(10)14(17)19/h5-6,12H,1,3-4,7H2,2H3,(H,16,18). The first-order valence-corrected chi connectivity index (χ1v) is 6.31. The van der Waals surface area contributed by atoms with E-state index < -0.39 is 6.04 Å². The second kappa shape index (κ2) is 4.19. The predicted molar refractivity (Wildman–Crippen MR) is 69.2 cm³/mol. The van der Waals surface area contributed by atoms with Gasteiger partial charge in [-0.05, 0) is 31.4 Å². The minimum Gasteiger partial charge on any atom is -0.329 e. The number of hydrogen-bond acceptors (Lipinski definition) is 3. The van der Waals surface area contributed by atoms with Crippen LogP contribution in [0.2, 0.25) is 0 Å². The Kier molecular flexibility index (Phi) is 2.62. The van der Waals surface area contributed by atoms with E-state index in [0.717, 1.165) is 17.0 Å². The maximum absolute atomic E-state index is 12.3. The van der Waals surface area contributed by atoms with Crippen LogP contribution in [0.25, 0.3) is 0 Å². The highest BCUT2D eigenvalue weighted by Crippen LogP contribution is 2.28. The molecule has 3 rings (SSSR count). The lowest BCUT2D eigenvalue weighted by Crippen LogP contribution is -2.49. The van der Waals surface area contributed by atoms with Crippen LogP contribution in [0.3, 0.4) is 0 Å². The van der Waals surface area contributed by atoms with Crippen molar-refractivity contribution in [1.82, 2.24) is 15.2 Å². The van der Waals surface area contributed by atoms with Gasteiger partial charge in [-0.3, -0.25) is 14.6 Å². The van der Waals surface area contributed by atoms with E-state index >= 15 is 0 Å². The summed E-state index contributed by atoms with van der Waals surface area (Å²) in [5.41, 5.74) is 3.18. The zero-order valence-corrected chi connectivity index (χ0v) is 10.8.